The molecule has 0 saturated heterocycles. The minimum Gasteiger partial charge on any atom is -0.473 e. The molecule has 20 heavy (non-hydrogen) atoms. The smallest absolute Gasteiger partial charge is 0.242 e. The molecule has 1 heterocycles. The predicted molar refractivity (Wildman–Crippen MR) is 76.9 cm³/mol. The molecule has 0 amide bonds. The third kappa shape index (κ3) is 3.27. The molecule has 0 radical (unpaired) electrons. The summed E-state index contributed by atoms with van der Waals surface area (Å²) in [4.78, 5) is 7.92. The van der Waals surface area contributed by atoms with Gasteiger partial charge in [-0.3, -0.25) is 0 Å². The van der Waals surface area contributed by atoms with Crippen molar-refractivity contribution in [1.29, 1.82) is 0 Å². The van der Waals surface area contributed by atoms with Crippen molar-refractivity contribution >= 4 is 28.8 Å². The quantitative estimate of drug-likeness (QED) is 0.905. The van der Waals surface area contributed by atoms with Crippen molar-refractivity contribution in [3.05, 3.63) is 35.4 Å². The van der Waals surface area contributed by atoms with Gasteiger partial charge in [0.2, 0.25) is 5.88 Å². The van der Waals surface area contributed by atoms with Gasteiger partial charge in [0.1, 0.15) is 17.8 Å². The lowest BCUT2D eigenvalue weighted by molar-refractivity contribution is 0.234. The molecule has 2 aromatic rings. The third-order valence-electron chi connectivity index (χ3n) is 2.38. The summed E-state index contributed by atoms with van der Waals surface area (Å²) in [6.45, 7) is 3.70. The maximum atomic E-state index is 13.7. The highest BCUT2D eigenvalue weighted by Crippen LogP contribution is 2.30. The number of aromatic nitrogens is 2. The van der Waals surface area contributed by atoms with E-state index in [9.17, 15) is 4.39 Å². The lowest BCUT2D eigenvalue weighted by Gasteiger charge is -2.14. The summed E-state index contributed by atoms with van der Waals surface area (Å²) in [5.41, 5.74) is 6.29. The predicted octanol–water partition coefficient (Wildman–Crippen LogP) is 3.38. The number of rotatable bonds is 4. The second-order valence-corrected chi connectivity index (χ2v) is 4.79. The van der Waals surface area contributed by atoms with Gasteiger partial charge in [-0.2, -0.15) is 4.98 Å². The monoisotopic (exact) mass is 296 g/mol. The average Bonchev–Trinajstić information content (AvgIpc) is 2.38. The molecule has 0 fully saturated rings. The zero-order chi connectivity index (χ0) is 14.7. The van der Waals surface area contributed by atoms with Gasteiger partial charge in [-0.25, -0.2) is 9.37 Å². The molecule has 2 rings (SSSR count). The van der Waals surface area contributed by atoms with Crippen molar-refractivity contribution in [2.24, 2.45) is 0 Å². The van der Waals surface area contributed by atoms with Gasteiger partial charge < -0.3 is 15.8 Å². The summed E-state index contributed by atoms with van der Waals surface area (Å²) >= 11 is 5.83. The summed E-state index contributed by atoms with van der Waals surface area (Å²) in [5, 5.41) is 3.18. The van der Waals surface area contributed by atoms with Gasteiger partial charge in [0.15, 0.2) is 5.82 Å². The molecule has 0 saturated carbocycles. The van der Waals surface area contributed by atoms with E-state index in [2.05, 4.69) is 15.3 Å². The highest BCUT2D eigenvalue weighted by atomic mass is 35.5. The lowest BCUT2D eigenvalue weighted by Crippen LogP contribution is -2.11. The Morgan fingerprint density at radius 3 is 2.80 bits per heavy atom. The van der Waals surface area contributed by atoms with E-state index in [1.54, 1.807) is 0 Å². The van der Waals surface area contributed by atoms with E-state index < -0.39 is 5.82 Å². The number of nitrogens with one attached hydrogen (secondary N) is 1. The third-order valence-corrected chi connectivity index (χ3v) is 2.61. The van der Waals surface area contributed by atoms with E-state index in [1.807, 2.05) is 13.8 Å². The van der Waals surface area contributed by atoms with Crippen LogP contribution in [0.2, 0.25) is 5.02 Å². The number of anilines is 3. The Balaban J connectivity index is 2.32. The van der Waals surface area contributed by atoms with E-state index in [-0.39, 0.29) is 29.2 Å². The first kappa shape index (κ1) is 14.3. The van der Waals surface area contributed by atoms with Gasteiger partial charge in [0.05, 0.1) is 11.8 Å². The topological polar surface area (TPSA) is 73.1 Å². The Morgan fingerprint density at radius 2 is 2.10 bits per heavy atom. The van der Waals surface area contributed by atoms with Crippen LogP contribution in [0.1, 0.15) is 13.8 Å². The molecule has 106 valence electrons. The summed E-state index contributed by atoms with van der Waals surface area (Å²) in [6.07, 6.45) is 1.21. The van der Waals surface area contributed by atoms with Crippen LogP contribution in [0, 0.1) is 5.82 Å². The summed E-state index contributed by atoms with van der Waals surface area (Å²) in [5.74, 6) is 0.0514. The number of hydrogen-bond acceptors (Lipinski definition) is 5. The molecule has 0 atom stereocenters. The maximum absolute atomic E-state index is 13.7. The van der Waals surface area contributed by atoms with Crippen LogP contribution in [0.3, 0.4) is 0 Å². The lowest BCUT2D eigenvalue weighted by atomic mass is 10.3. The Kier molecular flexibility index (Phi) is 4.24. The molecular formula is C13H14ClFN4O. The van der Waals surface area contributed by atoms with Crippen LogP contribution in [0.5, 0.6) is 5.88 Å². The molecule has 0 aliphatic heterocycles. The number of hydrogen-bond donors (Lipinski definition) is 2. The van der Waals surface area contributed by atoms with Gasteiger partial charge in [-0.05, 0) is 32.0 Å². The average molecular weight is 297 g/mol. The van der Waals surface area contributed by atoms with Crippen LogP contribution in [-0.4, -0.2) is 16.1 Å². The number of halogens is 2. The maximum Gasteiger partial charge on any atom is 0.242 e. The van der Waals surface area contributed by atoms with Crippen molar-refractivity contribution in [3.63, 3.8) is 0 Å². The SMILES string of the molecule is CC(C)Oc1ncnc(Nc2cc(Cl)ccc2F)c1N. The highest BCUT2D eigenvalue weighted by molar-refractivity contribution is 6.30. The van der Waals surface area contributed by atoms with E-state index in [1.165, 1.54) is 24.5 Å². The van der Waals surface area contributed by atoms with Crippen molar-refractivity contribution in [2.45, 2.75) is 20.0 Å². The molecule has 3 N–H and O–H groups in total. The Hall–Kier alpha value is -2.08. The number of nitrogens with zero attached hydrogens (tertiary/aromatic N) is 2. The van der Waals surface area contributed by atoms with Crippen LogP contribution < -0.4 is 15.8 Å². The molecule has 0 aliphatic rings. The number of benzene rings is 1. The Bertz CT molecular complexity index is 621. The minimum absolute atomic E-state index is 0.0806. The number of ether oxygens (including phenoxy) is 1. The number of nitrogens with two attached hydrogens (primary N) is 1. The van der Waals surface area contributed by atoms with Crippen molar-refractivity contribution in [3.8, 4) is 5.88 Å². The Labute approximate surface area is 120 Å². The first-order chi connectivity index (χ1) is 9.47. The second-order valence-electron chi connectivity index (χ2n) is 4.36. The van der Waals surface area contributed by atoms with Crippen LogP contribution in [-0.2, 0) is 0 Å². The number of nitrogen functional groups attached to an aromatic ring is 1. The van der Waals surface area contributed by atoms with Gasteiger partial charge >= 0.3 is 0 Å². The molecule has 1 aromatic carbocycles. The zero-order valence-corrected chi connectivity index (χ0v) is 11.8. The largest absolute Gasteiger partial charge is 0.473 e. The van der Waals surface area contributed by atoms with Crippen molar-refractivity contribution in [2.75, 3.05) is 11.1 Å². The minimum atomic E-state index is -0.459. The van der Waals surface area contributed by atoms with Crippen molar-refractivity contribution < 1.29 is 9.13 Å². The van der Waals surface area contributed by atoms with Gasteiger partial charge in [-0.15, -0.1) is 0 Å². The molecular weight excluding hydrogens is 283 g/mol. The molecule has 0 aliphatic carbocycles. The highest BCUT2D eigenvalue weighted by Gasteiger charge is 2.12. The molecule has 1 aromatic heterocycles. The van der Waals surface area contributed by atoms with Crippen LogP contribution in [0.15, 0.2) is 24.5 Å². The zero-order valence-electron chi connectivity index (χ0n) is 11.0. The normalized spacial score (nSPS) is 10.7. The summed E-state index contributed by atoms with van der Waals surface area (Å²) < 4.78 is 19.1. The molecule has 0 spiro atoms. The molecule has 0 bridgehead atoms. The molecule has 5 nitrogen and oxygen atoms in total. The fourth-order valence-electron chi connectivity index (χ4n) is 1.52. The standard InChI is InChI=1S/C13H14ClFN4O/c1-7(2)20-13-11(16)12(17-6-18-13)19-10-5-8(14)3-4-9(10)15/h3-7H,16H2,1-2H3,(H,17,18,19). The van der Waals surface area contributed by atoms with E-state index in [4.69, 9.17) is 22.1 Å². The van der Waals surface area contributed by atoms with Gasteiger partial charge in [0, 0.05) is 5.02 Å². The molecule has 0 unspecified atom stereocenters. The summed E-state index contributed by atoms with van der Waals surface area (Å²) in [6, 6.07) is 4.16. The first-order valence-electron chi connectivity index (χ1n) is 5.96. The van der Waals surface area contributed by atoms with Gasteiger partial charge in [0.25, 0.3) is 0 Å². The Morgan fingerprint density at radius 1 is 1.35 bits per heavy atom. The fourth-order valence-corrected chi connectivity index (χ4v) is 1.69. The van der Waals surface area contributed by atoms with Crippen LogP contribution in [0.4, 0.5) is 21.6 Å². The first-order valence-corrected chi connectivity index (χ1v) is 6.34. The van der Waals surface area contributed by atoms with Gasteiger partial charge in [-0.1, -0.05) is 11.6 Å². The van der Waals surface area contributed by atoms with Crippen LogP contribution >= 0.6 is 11.6 Å². The van der Waals surface area contributed by atoms with E-state index >= 15 is 0 Å². The second kappa shape index (κ2) is 5.92. The van der Waals surface area contributed by atoms with Crippen molar-refractivity contribution in [1.82, 2.24) is 9.97 Å². The summed E-state index contributed by atoms with van der Waals surface area (Å²) in [7, 11) is 0. The molecule has 7 heteroatoms. The fraction of sp³-hybridized carbons (Fsp3) is 0.231. The van der Waals surface area contributed by atoms with E-state index in [0.717, 1.165) is 0 Å². The van der Waals surface area contributed by atoms with E-state index in [0.29, 0.717) is 5.02 Å². The van der Waals surface area contributed by atoms with Crippen LogP contribution in [0.25, 0.3) is 0 Å².